The highest BCUT2D eigenvalue weighted by Gasteiger charge is 2.17. The molecule has 0 spiro atoms. The number of rotatable bonds is 2. The van der Waals surface area contributed by atoms with Gasteiger partial charge in [0.2, 0.25) is 0 Å². The van der Waals surface area contributed by atoms with Gasteiger partial charge in [0.15, 0.2) is 5.11 Å². The highest BCUT2D eigenvalue weighted by molar-refractivity contribution is 7.80. The van der Waals surface area contributed by atoms with Crippen LogP contribution in [0.4, 0.5) is 5.69 Å². The number of likely N-dealkylation sites (tertiary alicyclic amines) is 1. The molecule has 122 valence electrons. The number of nitrogens with zero attached hydrogens (tertiary/aromatic N) is 1. The van der Waals surface area contributed by atoms with Crippen molar-refractivity contribution in [2.24, 2.45) is 0 Å². The molecule has 0 saturated carbocycles. The zero-order valence-corrected chi connectivity index (χ0v) is 14.2. The summed E-state index contributed by atoms with van der Waals surface area (Å²) < 4.78 is 5.26. The Balaban J connectivity index is 1.69. The van der Waals surface area contributed by atoms with E-state index < -0.39 is 0 Å². The van der Waals surface area contributed by atoms with Crippen molar-refractivity contribution in [1.82, 2.24) is 10.2 Å². The van der Waals surface area contributed by atoms with E-state index in [1.54, 1.807) is 0 Å². The predicted octanol–water partition coefficient (Wildman–Crippen LogP) is 2.48. The quantitative estimate of drug-likeness (QED) is 0.651. The van der Waals surface area contributed by atoms with Gasteiger partial charge in [-0.15, -0.1) is 0 Å². The molecule has 0 radical (unpaired) electrons. The van der Waals surface area contributed by atoms with Crippen LogP contribution >= 0.6 is 12.2 Å². The normalized spacial score (nSPS) is 16.4. The maximum atomic E-state index is 11.5. The van der Waals surface area contributed by atoms with E-state index in [4.69, 9.17) is 16.6 Å². The van der Waals surface area contributed by atoms with E-state index in [1.165, 1.54) is 6.07 Å². The first-order valence-corrected chi connectivity index (χ1v) is 8.22. The largest absolute Gasteiger partial charge is 0.423 e. The molecule has 1 aliphatic rings. The third kappa shape index (κ3) is 3.89. The average molecular weight is 331 g/mol. The van der Waals surface area contributed by atoms with Crippen molar-refractivity contribution in [1.29, 1.82) is 0 Å². The molecule has 0 aliphatic carbocycles. The van der Waals surface area contributed by atoms with Gasteiger partial charge in [0.1, 0.15) is 5.58 Å². The summed E-state index contributed by atoms with van der Waals surface area (Å²) in [6.45, 7) is 4.07. The van der Waals surface area contributed by atoms with Crippen LogP contribution in [0.3, 0.4) is 0 Å². The standard InChI is InChI=1S/C17H21N3O2S/c1-11-9-16(21)22-15-10-13(3-4-14(11)15)19-17(23)18-12-5-7-20(2)8-6-12/h3-4,9-10,12H,5-8H2,1-2H3,(H2,18,19,23). The molecule has 1 aromatic heterocycles. The first kappa shape index (κ1) is 16.0. The summed E-state index contributed by atoms with van der Waals surface area (Å²) in [7, 11) is 2.14. The van der Waals surface area contributed by atoms with Crippen LogP contribution in [0, 0.1) is 6.92 Å². The van der Waals surface area contributed by atoms with Gasteiger partial charge in [0.05, 0.1) is 0 Å². The fraction of sp³-hybridized carbons (Fsp3) is 0.412. The molecule has 3 rings (SSSR count). The number of hydrogen-bond acceptors (Lipinski definition) is 4. The van der Waals surface area contributed by atoms with Crippen molar-refractivity contribution in [3.05, 3.63) is 40.2 Å². The van der Waals surface area contributed by atoms with Crippen LogP contribution in [0.25, 0.3) is 11.0 Å². The Morgan fingerprint density at radius 1 is 1.30 bits per heavy atom. The molecule has 2 N–H and O–H groups in total. The van der Waals surface area contributed by atoms with Crippen LogP contribution in [-0.2, 0) is 0 Å². The van der Waals surface area contributed by atoms with Gasteiger partial charge in [-0.1, -0.05) is 0 Å². The topological polar surface area (TPSA) is 57.5 Å². The van der Waals surface area contributed by atoms with Crippen molar-refractivity contribution in [2.75, 3.05) is 25.5 Å². The van der Waals surface area contributed by atoms with Gasteiger partial charge in [0, 0.05) is 29.2 Å². The minimum absolute atomic E-state index is 0.334. The monoisotopic (exact) mass is 331 g/mol. The van der Waals surface area contributed by atoms with Gasteiger partial charge in [-0.05, 0) is 69.8 Å². The van der Waals surface area contributed by atoms with Crippen molar-refractivity contribution >= 4 is 34.0 Å². The smallest absolute Gasteiger partial charge is 0.336 e. The number of fused-ring (bicyclic) bond motifs is 1. The molecule has 5 nitrogen and oxygen atoms in total. The number of anilines is 1. The first-order valence-electron chi connectivity index (χ1n) is 7.82. The van der Waals surface area contributed by atoms with E-state index in [0.717, 1.165) is 42.6 Å². The first-order chi connectivity index (χ1) is 11.0. The summed E-state index contributed by atoms with van der Waals surface area (Å²) in [5.41, 5.74) is 1.97. The van der Waals surface area contributed by atoms with E-state index in [2.05, 4.69) is 22.6 Å². The fourth-order valence-electron chi connectivity index (χ4n) is 2.91. The van der Waals surface area contributed by atoms with Crippen LogP contribution in [-0.4, -0.2) is 36.2 Å². The van der Waals surface area contributed by atoms with Crippen LogP contribution in [0.5, 0.6) is 0 Å². The lowest BCUT2D eigenvalue weighted by molar-refractivity contribution is 0.247. The van der Waals surface area contributed by atoms with E-state index in [1.807, 2.05) is 25.1 Å². The van der Waals surface area contributed by atoms with Crippen molar-refractivity contribution in [3.63, 3.8) is 0 Å². The Morgan fingerprint density at radius 3 is 2.78 bits per heavy atom. The molecule has 1 aromatic carbocycles. The molecule has 1 fully saturated rings. The molecule has 1 saturated heterocycles. The lowest BCUT2D eigenvalue weighted by Crippen LogP contribution is -2.44. The fourth-order valence-corrected chi connectivity index (χ4v) is 3.19. The number of thiocarbonyl (C=S) groups is 1. The minimum atomic E-state index is -0.334. The maximum Gasteiger partial charge on any atom is 0.336 e. The number of piperidine rings is 1. The van der Waals surface area contributed by atoms with Gasteiger partial charge >= 0.3 is 5.63 Å². The van der Waals surface area contributed by atoms with Gasteiger partial charge < -0.3 is 20.0 Å². The van der Waals surface area contributed by atoms with Gasteiger partial charge in [-0.25, -0.2) is 4.79 Å². The van der Waals surface area contributed by atoms with Gasteiger partial charge in [-0.3, -0.25) is 0 Å². The minimum Gasteiger partial charge on any atom is -0.423 e. The summed E-state index contributed by atoms with van der Waals surface area (Å²) in [6, 6.07) is 7.60. The molecule has 0 amide bonds. The SMILES string of the molecule is Cc1cc(=O)oc2cc(NC(=S)NC3CCN(C)CC3)ccc12. The number of aryl methyl sites for hydroxylation is 1. The van der Waals surface area contributed by atoms with Crippen LogP contribution in [0.2, 0.25) is 0 Å². The Kier molecular flexibility index (Phi) is 4.63. The summed E-state index contributed by atoms with van der Waals surface area (Å²) in [6.07, 6.45) is 2.17. The van der Waals surface area contributed by atoms with E-state index in [0.29, 0.717) is 16.7 Å². The Labute approximate surface area is 140 Å². The summed E-state index contributed by atoms with van der Waals surface area (Å²) >= 11 is 5.39. The lowest BCUT2D eigenvalue weighted by Gasteiger charge is -2.30. The Hall–Kier alpha value is -1.92. The number of nitrogens with one attached hydrogen (secondary N) is 2. The molecular formula is C17H21N3O2S. The zero-order chi connectivity index (χ0) is 16.4. The molecule has 2 aromatic rings. The molecule has 0 atom stereocenters. The van der Waals surface area contributed by atoms with Crippen molar-refractivity contribution < 1.29 is 4.42 Å². The zero-order valence-electron chi connectivity index (χ0n) is 13.4. The van der Waals surface area contributed by atoms with Gasteiger partial charge in [-0.2, -0.15) is 0 Å². The van der Waals surface area contributed by atoms with E-state index in [9.17, 15) is 4.79 Å². The predicted molar refractivity (Wildman–Crippen MR) is 97.1 cm³/mol. The summed E-state index contributed by atoms with van der Waals surface area (Å²) in [5, 5.41) is 8.08. The molecular weight excluding hydrogens is 310 g/mol. The summed E-state index contributed by atoms with van der Waals surface area (Å²) in [4.78, 5) is 13.8. The van der Waals surface area contributed by atoms with Crippen molar-refractivity contribution in [2.45, 2.75) is 25.8 Å². The van der Waals surface area contributed by atoms with E-state index in [-0.39, 0.29) is 5.63 Å². The molecule has 0 unspecified atom stereocenters. The highest BCUT2D eigenvalue weighted by Crippen LogP contribution is 2.20. The molecule has 2 heterocycles. The molecule has 6 heteroatoms. The highest BCUT2D eigenvalue weighted by atomic mass is 32.1. The maximum absolute atomic E-state index is 11.5. The summed E-state index contributed by atoms with van der Waals surface area (Å²) in [5.74, 6) is 0. The second-order valence-corrected chi connectivity index (χ2v) is 6.54. The van der Waals surface area contributed by atoms with Crippen LogP contribution < -0.4 is 16.3 Å². The average Bonchev–Trinajstić information content (AvgIpc) is 2.49. The van der Waals surface area contributed by atoms with Crippen LogP contribution in [0.15, 0.2) is 33.5 Å². The lowest BCUT2D eigenvalue weighted by atomic mass is 10.1. The Morgan fingerprint density at radius 2 is 2.04 bits per heavy atom. The number of benzene rings is 1. The van der Waals surface area contributed by atoms with Crippen LogP contribution in [0.1, 0.15) is 18.4 Å². The second-order valence-electron chi connectivity index (χ2n) is 6.14. The third-order valence-electron chi connectivity index (χ3n) is 4.26. The number of hydrogen-bond donors (Lipinski definition) is 2. The third-order valence-corrected chi connectivity index (χ3v) is 4.48. The van der Waals surface area contributed by atoms with E-state index >= 15 is 0 Å². The second kappa shape index (κ2) is 6.68. The Bertz CT molecular complexity index is 779. The van der Waals surface area contributed by atoms with Gasteiger partial charge in [0.25, 0.3) is 0 Å². The van der Waals surface area contributed by atoms with Crippen molar-refractivity contribution in [3.8, 4) is 0 Å². The molecule has 0 bridgehead atoms. The molecule has 23 heavy (non-hydrogen) atoms. The molecule has 1 aliphatic heterocycles.